The SMILES string of the molecule is COCCN1CCCC2(CCc3cnc(C)nc32)C1. The normalized spacial score (nSPS) is 26.8. The first kappa shape index (κ1) is 13.0. The zero-order valence-electron chi connectivity index (χ0n) is 12.0. The van der Waals surface area contributed by atoms with Gasteiger partial charge in [0.15, 0.2) is 0 Å². The molecule has 4 nitrogen and oxygen atoms in total. The second kappa shape index (κ2) is 5.17. The van der Waals surface area contributed by atoms with Crippen molar-refractivity contribution >= 4 is 0 Å². The lowest BCUT2D eigenvalue weighted by Gasteiger charge is -2.40. The van der Waals surface area contributed by atoms with Gasteiger partial charge in [0.2, 0.25) is 0 Å². The number of methoxy groups -OCH3 is 1. The largest absolute Gasteiger partial charge is 0.383 e. The Morgan fingerprint density at radius 1 is 1.42 bits per heavy atom. The summed E-state index contributed by atoms with van der Waals surface area (Å²) < 4.78 is 5.22. The van der Waals surface area contributed by atoms with E-state index in [0.29, 0.717) is 0 Å². The van der Waals surface area contributed by atoms with E-state index < -0.39 is 0 Å². The number of hydrogen-bond acceptors (Lipinski definition) is 4. The maximum Gasteiger partial charge on any atom is 0.125 e. The molecule has 1 fully saturated rings. The van der Waals surface area contributed by atoms with E-state index in [-0.39, 0.29) is 5.41 Å². The van der Waals surface area contributed by atoms with Crippen LogP contribution in [-0.4, -0.2) is 48.2 Å². The van der Waals surface area contributed by atoms with Crippen molar-refractivity contribution in [2.24, 2.45) is 0 Å². The van der Waals surface area contributed by atoms with Crippen molar-refractivity contribution in [1.29, 1.82) is 0 Å². The Labute approximate surface area is 115 Å². The predicted octanol–water partition coefficient (Wildman–Crippen LogP) is 1.71. The van der Waals surface area contributed by atoms with Gasteiger partial charge in [0.1, 0.15) is 5.82 Å². The smallest absolute Gasteiger partial charge is 0.125 e. The molecule has 2 heterocycles. The molecule has 0 N–H and O–H groups in total. The van der Waals surface area contributed by atoms with Crippen molar-refractivity contribution < 1.29 is 4.74 Å². The molecule has 104 valence electrons. The average molecular weight is 261 g/mol. The van der Waals surface area contributed by atoms with Crippen LogP contribution >= 0.6 is 0 Å². The number of nitrogens with zero attached hydrogens (tertiary/aromatic N) is 3. The third-order valence-corrected chi connectivity index (χ3v) is 4.63. The molecule has 0 bridgehead atoms. The van der Waals surface area contributed by atoms with Gasteiger partial charge in [-0.05, 0) is 44.7 Å². The average Bonchev–Trinajstić information content (AvgIpc) is 2.75. The van der Waals surface area contributed by atoms with E-state index in [1.54, 1.807) is 7.11 Å². The summed E-state index contributed by atoms with van der Waals surface area (Å²) in [5, 5.41) is 0. The van der Waals surface area contributed by atoms with Gasteiger partial charge in [-0.25, -0.2) is 9.97 Å². The lowest BCUT2D eigenvalue weighted by molar-refractivity contribution is 0.0992. The Hall–Kier alpha value is -1.00. The van der Waals surface area contributed by atoms with Crippen LogP contribution in [0.25, 0.3) is 0 Å². The van der Waals surface area contributed by atoms with Crippen molar-refractivity contribution in [3.8, 4) is 0 Å². The summed E-state index contributed by atoms with van der Waals surface area (Å²) >= 11 is 0. The Morgan fingerprint density at radius 2 is 2.32 bits per heavy atom. The molecule has 1 aliphatic heterocycles. The Bertz CT molecular complexity index is 459. The second-order valence-corrected chi connectivity index (χ2v) is 5.94. The molecule has 1 unspecified atom stereocenters. The molecule has 4 heteroatoms. The van der Waals surface area contributed by atoms with Crippen LogP contribution in [-0.2, 0) is 16.6 Å². The first-order chi connectivity index (χ1) is 9.23. The molecular weight excluding hydrogens is 238 g/mol. The van der Waals surface area contributed by atoms with Crippen LogP contribution in [0.4, 0.5) is 0 Å². The molecule has 0 amide bonds. The molecule has 1 atom stereocenters. The highest BCUT2D eigenvalue weighted by molar-refractivity contribution is 5.33. The highest BCUT2D eigenvalue weighted by atomic mass is 16.5. The Balaban J connectivity index is 1.83. The van der Waals surface area contributed by atoms with Crippen molar-refractivity contribution in [2.75, 3.05) is 33.4 Å². The summed E-state index contributed by atoms with van der Waals surface area (Å²) in [4.78, 5) is 11.7. The number of aryl methyl sites for hydroxylation is 2. The second-order valence-electron chi connectivity index (χ2n) is 5.94. The fraction of sp³-hybridized carbons (Fsp3) is 0.733. The van der Waals surface area contributed by atoms with Crippen LogP contribution in [0.2, 0.25) is 0 Å². The number of aromatic nitrogens is 2. The van der Waals surface area contributed by atoms with E-state index in [1.807, 2.05) is 13.1 Å². The Kier molecular flexibility index (Phi) is 3.54. The fourth-order valence-electron chi connectivity index (χ4n) is 3.67. The molecule has 19 heavy (non-hydrogen) atoms. The van der Waals surface area contributed by atoms with Gasteiger partial charge in [-0.1, -0.05) is 0 Å². The maximum atomic E-state index is 5.22. The summed E-state index contributed by atoms with van der Waals surface area (Å²) in [7, 11) is 1.78. The minimum absolute atomic E-state index is 0.287. The molecule has 0 saturated carbocycles. The van der Waals surface area contributed by atoms with Gasteiger partial charge in [0.05, 0.1) is 12.3 Å². The molecule has 1 aromatic heterocycles. The first-order valence-electron chi connectivity index (χ1n) is 7.28. The van der Waals surface area contributed by atoms with Gasteiger partial charge < -0.3 is 9.64 Å². The molecule has 1 spiro atoms. The zero-order valence-corrected chi connectivity index (χ0v) is 12.0. The van der Waals surface area contributed by atoms with Gasteiger partial charge in [0, 0.05) is 31.8 Å². The minimum atomic E-state index is 0.287. The van der Waals surface area contributed by atoms with E-state index in [1.165, 1.54) is 37.1 Å². The highest BCUT2D eigenvalue weighted by Crippen LogP contribution is 2.43. The lowest BCUT2D eigenvalue weighted by atomic mass is 9.77. The van der Waals surface area contributed by atoms with Crippen LogP contribution in [0.1, 0.15) is 36.3 Å². The minimum Gasteiger partial charge on any atom is -0.383 e. The number of likely N-dealkylation sites (tertiary alicyclic amines) is 1. The van der Waals surface area contributed by atoms with E-state index in [4.69, 9.17) is 9.72 Å². The third-order valence-electron chi connectivity index (χ3n) is 4.63. The molecule has 0 aromatic carbocycles. The van der Waals surface area contributed by atoms with Crippen molar-refractivity contribution in [3.63, 3.8) is 0 Å². The first-order valence-corrected chi connectivity index (χ1v) is 7.28. The quantitative estimate of drug-likeness (QED) is 0.830. The van der Waals surface area contributed by atoms with E-state index in [9.17, 15) is 0 Å². The third kappa shape index (κ3) is 2.39. The fourth-order valence-corrected chi connectivity index (χ4v) is 3.67. The van der Waals surface area contributed by atoms with Crippen molar-refractivity contribution in [1.82, 2.24) is 14.9 Å². The van der Waals surface area contributed by atoms with Crippen LogP contribution in [0.3, 0.4) is 0 Å². The van der Waals surface area contributed by atoms with E-state index in [0.717, 1.165) is 31.9 Å². The van der Waals surface area contributed by atoms with Crippen LogP contribution < -0.4 is 0 Å². The number of piperidine rings is 1. The van der Waals surface area contributed by atoms with E-state index in [2.05, 4.69) is 9.88 Å². The van der Waals surface area contributed by atoms with Gasteiger partial charge >= 0.3 is 0 Å². The van der Waals surface area contributed by atoms with Crippen molar-refractivity contribution in [3.05, 3.63) is 23.3 Å². The summed E-state index contributed by atoms with van der Waals surface area (Å²) in [6.45, 7) is 6.20. The topological polar surface area (TPSA) is 38.2 Å². The van der Waals surface area contributed by atoms with Gasteiger partial charge in [0.25, 0.3) is 0 Å². The lowest BCUT2D eigenvalue weighted by Crippen LogP contribution is -2.46. The maximum absolute atomic E-state index is 5.22. The molecule has 1 saturated heterocycles. The van der Waals surface area contributed by atoms with Crippen LogP contribution in [0.5, 0.6) is 0 Å². The van der Waals surface area contributed by atoms with E-state index >= 15 is 0 Å². The van der Waals surface area contributed by atoms with Gasteiger partial charge in [-0.15, -0.1) is 0 Å². The summed E-state index contributed by atoms with van der Waals surface area (Å²) in [6.07, 6.45) is 6.98. The molecule has 2 aliphatic rings. The van der Waals surface area contributed by atoms with Crippen molar-refractivity contribution in [2.45, 2.75) is 38.0 Å². The number of fused-ring (bicyclic) bond motifs is 2. The molecule has 1 aliphatic carbocycles. The van der Waals surface area contributed by atoms with Crippen LogP contribution in [0, 0.1) is 6.92 Å². The Morgan fingerprint density at radius 3 is 3.16 bits per heavy atom. The standard InChI is InChI=1S/C15H23N3O/c1-12-16-10-13-4-6-15(14(13)17-12)5-3-7-18(11-15)8-9-19-2/h10H,3-9,11H2,1-2H3. The monoisotopic (exact) mass is 261 g/mol. The molecule has 1 aromatic rings. The van der Waals surface area contributed by atoms with Gasteiger partial charge in [-0.3, -0.25) is 0 Å². The zero-order chi connectivity index (χ0) is 13.3. The molecule has 3 rings (SSSR count). The predicted molar refractivity (Wildman–Crippen MR) is 74.3 cm³/mol. The summed E-state index contributed by atoms with van der Waals surface area (Å²) in [6, 6.07) is 0. The molecular formula is C15H23N3O. The van der Waals surface area contributed by atoms with Crippen LogP contribution in [0.15, 0.2) is 6.20 Å². The summed E-state index contributed by atoms with van der Waals surface area (Å²) in [5.41, 5.74) is 3.00. The van der Waals surface area contributed by atoms with Gasteiger partial charge in [-0.2, -0.15) is 0 Å². The highest BCUT2D eigenvalue weighted by Gasteiger charge is 2.43. The number of hydrogen-bond donors (Lipinski definition) is 0. The number of ether oxygens (including phenoxy) is 1. The number of rotatable bonds is 3. The summed E-state index contributed by atoms with van der Waals surface area (Å²) in [5.74, 6) is 0.911. The molecule has 0 radical (unpaired) electrons.